The Morgan fingerprint density at radius 3 is 2.40 bits per heavy atom. The van der Waals surface area contributed by atoms with E-state index >= 15 is 0 Å². The van der Waals surface area contributed by atoms with Gasteiger partial charge in [0.1, 0.15) is 0 Å². The molecule has 0 bridgehead atoms. The summed E-state index contributed by atoms with van der Waals surface area (Å²) in [5.74, 6) is 0.374. The third-order valence-electron chi connectivity index (χ3n) is 4.14. The van der Waals surface area contributed by atoms with Gasteiger partial charge in [-0.3, -0.25) is 4.79 Å². The number of thioether (sulfide) groups is 1. The van der Waals surface area contributed by atoms with E-state index < -0.39 is 17.6 Å². The number of nitrogens with one attached hydrogen (secondary N) is 1. The second-order valence-corrected chi connectivity index (χ2v) is 8.00. The molecule has 0 spiro atoms. The zero-order valence-corrected chi connectivity index (χ0v) is 17.3. The molecule has 5 nitrogen and oxygen atoms in total. The summed E-state index contributed by atoms with van der Waals surface area (Å²) in [4.78, 5) is 12.3. The van der Waals surface area contributed by atoms with Crippen LogP contribution in [0.1, 0.15) is 19.4 Å². The molecule has 2 aromatic carbocycles. The van der Waals surface area contributed by atoms with E-state index in [1.54, 1.807) is 0 Å². The molecule has 0 fully saturated rings. The normalized spacial score (nSPS) is 11.7. The Hall–Kier alpha value is -2.81. The first-order chi connectivity index (χ1) is 14.3. The fourth-order valence-corrected chi connectivity index (χ4v) is 3.63. The number of alkyl halides is 3. The summed E-state index contributed by atoms with van der Waals surface area (Å²) in [6.45, 7) is 4.77. The molecule has 1 amide bonds. The maximum Gasteiger partial charge on any atom is 0.418 e. The molecule has 158 valence electrons. The third-order valence-corrected chi connectivity index (χ3v) is 5.10. The van der Waals surface area contributed by atoms with Gasteiger partial charge >= 0.3 is 6.18 Å². The lowest BCUT2D eigenvalue weighted by Crippen LogP contribution is -2.18. The Bertz CT molecular complexity index is 1000. The van der Waals surface area contributed by atoms with E-state index in [1.165, 1.54) is 18.2 Å². The van der Waals surface area contributed by atoms with Crippen molar-refractivity contribution in [1.82, 2.24) is 14.8 Å². The number of rotatable bonds is 7. The first-order valence-electron chi connectivity index (χ1n) is 9.33. The molecule has 0 saturated carbocycles. The van der Waals surface area contributed by atoms with Crippen molar-refractivity contribution in [2.24, 2.45) is 5.92 Å². The predicted molar refractivity (Wildman–Crippen MR) is 111 cm³/mol. The number of amides is 1. The molecular weight excluding hydrogens is 413 g/mol. The van der Waals surface area contributed by atoms with Crippen LogP contribution in [-0.4, -0.2) is 26.4 Å². The predicted octanol–water partition coefficient (Wildman–Crippen LogP) is 5.35. The van der Waals surface area contributed by atoms with E-state index in [4.69, 9.17) is 0 Å². The van der Waals surface area contributed by atoms with E-state index in [0.717, 1.165) is 23.4 Å². The number of halogens is 3. The largest absolute Gasteiger partial charge is 0.418 e. The van der Waals surface area contributed by atoms with Gasteiger partial charge in [0, 0.05) is 12.1 Å². The molecule has 0 radical (unpaired) electrons. The molecule has 3 aromatic rings. The van der Waals surface area contributed by atoms with E-state index in [1.807, 2.05) is 34.9 Å². The number of para-hydroxylation sites is 1. The minimum atomic E-state index is -4.54. The molecule has 3 rings (SSSR count). The highest BCUT2D eigenvalue weighted by molar-refractivity contribution is 7.99. The van der Waals surface area contributed by atoms with Crippen molar-refractivity contribution in [3.8, 4) is 11.4 Å². The van der Waals surface area contributed by atoms with Gasteiger partial charge in [0.05, 0.1) is 17.0 Å². The van der Waals surface area contributed by atoms with Crippen molar-refractivity contribution in [1.29, 1.82) is 0 Å². The van der Waals surface area contributed by atoms with Gasteiger partial charge in [0.2, 0.25) is 5.91 Å². The van der Waals surface area contributed by atoms with Gasteiger partial charge in [0.15, 0.2) is 11.0 Å². The molecule has 1 aromatic heterocycles. The number of nitrogens with zero attached hydrogens (tertiary/aromatic N) is 3. The maximum atomic E-state index is 13.1. The highest BCUT2D eigenvalue weighted by Gasteiger charge is 2.33. The number of benzene rings is 2. The van der Waals surface area contributed by atoms with Gasteiger partial charge in [-0.15, -0.1) is 10.2 Å². The Morgan fingerprint density at radius 2 is 1.73 bits per heavy atom. The average molecular weight is 434 g/mol. The minimum Gasteiger partial charge on any atom is -0.325 e. The van der Waals surface area contributed by atoms with Crippen LogP contribution in [-0.2, 0) is 17.5 Å². The van der Waals surface area contributed by atoms with Crippen molar-refractivity contribution in [2.45, 2.75) is 31.7 Å². The summed E-state index contributed by atoms with van der Waals surface area (Å²) in [5.41, 5.74) is -0.233. The number of carbonyl (C=O) groups excluding carboxylic acids is 1. The topological polar surface area (TPSA) is 59.8 Å². The molecular formula is C21H21F3N4OS. The fraction of sp³-hybridized carbons (Fsp3) is 0.286. The summed E-state index contributed by atoms with van der Waals surface area (Å²) in [6.07, 6.45) is -4.54. The van der Waals surface area contributed by atoms with Gasteiger partial charge in [-0.2, -0.15) is 13.2 Å². The molecule has 0 atom stereocenters. The van der Waals surface area contributed by atoms with Crippen molar-refractivity contribution < 1.29 is 18.0 Å². The van der Waals surface area contributed by atoms with Crippen LogP contribution in [0, 0.1) is 5.92 Å². The number of aromatic nitrogens is 3. The van der Waals surface area contributed by atoms with E-state index in [-0.39, 0.29) is 11.4 Å². The standard InChI is InChI=1S/C21H21F3N4OS/c1-14(2)12-28-19(15-8-4-3-5-9-15)26-27-20(28)30-13-18(29)25-17-11-7-6-10-16(17)21(22,23)24/h3-11,14H,12-13H2,1-2H3,(H,25,29). The number of anilines is 1. The van der Waals surface area contributed by atoms with Crippen molar-refractivity contribution >= 4 is 23.4 Å². The van der Waals surface area contributed by atoms with Crippen LogP contribution in [0.3, 0.4) is 0 Å². The highest BCUT2D eigenvalue weighted by atomic mass is 32.2. The first kappa shape index (κ1) is 21.9. The van der Waals surface area contributed by atoms with Gasteiger partial charge in [-0.05, 0) is 18.1 Å². The minimum absolute atomic E-state index is 0.0861. The van der Waals surface area contributed by atoms with Crippen molar-refractivity contribution in [3.63, 3.8) is 0 Å². The van der Waals surface area contributed by atoms with Crippen LogP contribution in [0.4, 0.5) is 18.9 Å². The van der Waals surface area contributed by atoms with Gasteiger partial charge in [0.25, 0.3) is 0 Å². The second kappa shape index (κ2) is 9.34. The number of hydrogen-bond donors (Lipinski definition) is 1. The summed E-state index contributed by atoms with van der Waals surface area (Å²) in [7, 11) is 0. The van der Waals surface area contributed by atoms with Gasteiger partial charge in [-0.1, -0.05) is 68.1 Å². The van der Waals surface area contributed by atoms with Crippen molar-refractivity contribution in [2.75, 3.05) is 11.1 Å². The molecule has 0 unspecified atom stereocenters. The second-order valence-electron chi connectivity index (χ2n) is 7.06. The SMILES string of the molecule is CC(C)Cn1c(SCC(=O)Nc2ccccc2C(F)(F)F)nnc1-c1ccccc1. The van der Waals surface area contributed by atoms with Crippen LogP contribution in [0.5, 0.6) is 0 Å². The molecule has 30 heavy (non-hydrogen) atoms. The van der Waals surface area contributed by atoms with Gasteiger partial charge in [-0.25, -0.2) is 0 Å². The van der Waals surface area contributed by atoms with E-state index in [9.17, 15) is 18.0 Å². The Kier molecular flexibility index (Phi) is 6.81. The Balaban J connectivity index is 1.75. The summed E-state index contributed by atoms with van der Waals surface area (Å²) < 4.78 is 41.3. The zero-order chi connectivity index (χ0) is 21.7. The van der Waals surface area contributed by atoms with Crippen LogP contribution in [0.25, 0.3) is 11.4 Å². The fourth-order valence-electron chi connectivity index (χ4n) is 2.88. The summed E-state index contributed by atoms with van der Waals surface area (Å²) in [5, 5.41) is 11.3. The highest BCUT2D eigenvalue weighted by Crippen LogP contribution is 2.34. The van der Waals surface area contributed by atoms with Crippen LogP contribution in [0.15, 0.2) is 59.8 Å². The van der Waals surface area contributed by atoms with Crippen LogP contribution in [0.2, 0.25) is 0 Å². The smallest absolute Gasteiger partial charge is 0.325 e. The lowest BCUT2D eigenvalue weighted by Gasteiger charge is -2.14. The lowest BCUT2D eigenvalue weighted by molar-refractivity contribution is -0.137. The number of carbonyl (C=O) groups is 1. The Labute approximate surface area is 176 Å². The van der Waals surface area contributed by atoms with Crippen LogP contribution >= 0.6 is 11.8 Å². The monoisotopic (exact) mass is 434 g/mol. The van der Waals surface area contributed by atoms with Crippen molar-refractivity contribution in [3.05, 3.63) is 60.2 Å². The molecule has 0 aliphatic heterocycles. The molecule has 0 aliphatic carbocycles. The molecule has 0 saturated heterocycles. The molecule has 0 aliphatic rings. The number of hydrogen-bond acceptors (Lipinski definition) is 4. The quantitative estimate of drug-likeness (QED) is 0.509. The van der Waals surface area contributed by atoms with E-state index in [0.29, 0.717) is 23.4 Å². The van der Waals surface area contributed by atoms with Crippen LogP contribution < -0.4 is 5.32 Å². The average Bonchev–Trinajstić information content (AvgIpc) is 3.08. The molecule has 1 heterocycles. The summed E-state index contributed by atoms with van der Waals surface area (Å²) >= 11 is 1.14. The molecule has 1 N–H and O–H groups in total. The van der Waals surface area contributed by atoms with Gasteiger partial charge < -0.3 is 9.88 Å². The molecule has 9 heteroatoms. The summed E-state index contributed by atoms with van der Waals surface area (Å²) in [6, 6.07) is 14.5. The lowest BCUT2D eigenvalue weighted by atomic mass is 10.1. The third kappa shape index (κ3) is 5.41. The zero-order valence-electron chi connectivity index (χ0n) is 16.5. The Morgan fingerprint density at radius 1 is 1.07 bits per heavy atom. The van der Waals surface area contributed by atoms with E-state index in [2.05, 4.69) is 29.4 Å². The first-order valence-corrected chi connectivity index (χ1v) is 10.3. The maximum absolute atomic E-state index is 13.1.